The molecular weight excluding hydrogens is 340 g/mol. The van der Waals surface area contributed by atoms with Gasteiger partial charge in [0.15, 0.2) is 10.6 Å². The highest BCUT2D eigenvalue weighted by Gasteiger charge is 2.37. The second kappa shape index (κ2) is 7.07. The van der Waals surface area contributed by atoms with Gasteiger partial charge in [0.05, 0.1) is 19.9 Å². The molecule has 25 heavy (non-hydrogen) atoms. The number of nitrogens with zero attached hydrogens (tertiary/aromatic N) is 4. The topological polar surface area (TPSA) is 72.5 Å². The van der Waals surface area contributed by atoms with Crippen LogP contribution in [-0.4, -0.2) is 56.1 Å². The monoisotopic (exact) mass is 362 g/mol. The second-order valence-corrected chi connectivity index (χ2v) is 6.69. The molecule has 1 saturated heterocycles. The Morgan fingerprint density at radius 3 is 2.84 bits per heavy atom. The number of ether oxygens (including phenoxy) is 1. The first-order valence-corrected chi connectivity index (χ1v) is 8.53. The van der Waals surface area contributed by atoms with Crippen molar-refractivity contribution in [3.63, 3.8) is 0 Å². The second-order valence-electron chi connectivity index (χ2n) is 6.32. The Bertz CT molecular complexity index is 845. The molecule has 2 atom stereocenters. The number of hydrogen-bond acceptors (Lipinski definition) is 6. The molecule has 7 nitrogen and oxygen atoms in total. The van der Waals surface area contributed by atoms with E-state index in [0.29, 0.717) is 24.4 Å². The summed E-state index contributed by atoms with van der Waals surface area (Å²) in [5.74, 6) is 0.426. The third-order valence-corrected chi connectivity index (χ3v) is 5.08. The van der Waals surface area contributed by atoms with Gasteiger partial charge in [-0.15, -0.1) is 0 Å². The minimum Gasteiger partial charge on any atom is -0.468 e. The lowest BCUT2D eigenvalue weighted by Gasteiger charge is -2.21. The number of rotatable bonds is 4. The van der Waals surface area contributed by atoms with E-state index >= 15 is 0 Å². The summed E-state index contributed by atoms with van der Waals surface area (Å²) in [5, 5.41) is 14.6. The lowest BCUT2D eigenvalue weighted by Crippen LogP contribution is -2.38. The zero-order valence-electron chi connectivity index (χ0n) is 14.5. The molecular formula is C17H22N4O3S. The summed E-state index contributed by atoms with van der Waals surface area (Å²) in [5.41, 5.74) is 2.13. The van der Waals surface area contributed by atoms with Gasteiger partial charge in [-0.25, -0.2) is 4.68 Å². The summed E-state index contributed by atoms with van der Waals surface area (Å²) < 4.78 is 8.94. The number of aromatic nitrogens is 3. The maximum atomic E-state index is 11.9. The van der Waals surface area contributed by atoms with Crippen LogP contribution >= 0.6 is 12.2 Å². The highest BCUT2D eigenvalue weighted by Crippen LogP contribution is 2.23. The molecule has 0 radical (unpaired) electrons. The minimum atomic E-state index is -0.558. The van der Waals surface area contributed by atoms with Crippen molar-refractivity contribution in [2.75, 3.05) is 13.7 Å². The average Bonchev–Trinajstić information content (AvgIpc) is 3.09. The fraction of sp³-hybridized carbons (Fsp3) is 0.471. The molecule has 0 unspecified atom stereocenters. The molecule has 1 fully saturated rings. The Balaban J connectivity index is 1.92. The number of methoxy groups -OCH3 is 1. The molecule has 2 heterocycles. The highest BCUT2D eigenvalue weighted by atomic mass is 32.1. The third kappa shape index (κ3) is 3.37. The quantitative estimate of drug-likeness (QED) is 0.656. The first-order valence-electron chi connectivity index (χ1n) is 8.12. The number of likely N-dealkylation sites (tertiary alicyclic amines) is 1. The van der Waals surface area contributed by atoms with Crippen LogP contribution in [0.15, 0.2) is 24.3 Å². The largest absolute Gasteiger partial charge is 0.468 e. The maximum absolute atomic E-state index is 11.9. The fourth-order valence-corrected chi connectivity index (χ4v) is 3.41. The molecule has 1 N–H and O–H groups in total. The number of aryl methyl sites for hydroxylation is 1. The van der Waals surface area contributed by atoms with E-state index in [9.17, 15) is 9.90 Å². The van der Waals surface area contributed by atoms with Gasteiger partial charge in [-0.05, 0) is 24.7 Å². The van der Waals surface area contributed by atoms with Crippen LogP contribution in [0.5, 0.6) is 0 Å². The van der Waals surface area contributed by atoms with Crippen molar-refractivity contribution in [1.29, 1.82) is 0 Å². The van der Waals surface area contributed by atoms with Crippen molar-refractivity contribution in [1.82, 2.24) is 19.2 Å². The highest BCUT2D eigenvalue weighted by molar-refractivity contribution is 7.71. The van der Waals surface area contributed by atoms with Crippen molar-refractivity contribution in [3.8, 4) is 11.4 Å². The van der Waals surface area contributed by atoms with Gasteiger partial charge >= 0.3 is 5.97 Å². The van der Waals surface area contributed by atoms with Crippen LogP contribution in [-0.2, 0) is 23.2 Å². The number of aliphatic hydroxyl groups is 1. The number of carbonyl (C=O) groups is 1. The maximum Gasteiger partial charge on any atom is 0.323 e. The summed E-state index contributed by atoms with van der Waals surface area (Å²) >= 11 is 5.51. The van der Waals surface area contributed by atoms with Gasteiger partial charge in [0.25, 0.3) is 0 Å². The van der Waals surface area contributed by atoms with Crippen LogP contribution in [0.2, 0.25) is 0 Å². The zero-order valence-corrected chi connectivity index (χ0v) is 15.4. The van der Waals surface area contributed by atoms with Crippen LogP contribution in [0.4, 0.5) is 0 Å². The molecule has 0 aliphatic carbocycles. The predicted molar refractivity (Wildman–Crippen MR) is 95.3 cm³/mol. The molecule has 3 rings (SSSR count). The molecule has 8 heteroatoms. The summed E-state index contributed by atoms with van der Waals surface area (Å²) in [6.07, 6.45) is -0.199. The van der Waals surface area contributed by atoms with E-state index in [4.69, 9.17) is 17.0 Å². The predicted octanol–water partition coefficient (Wildman–Crippen LogP) is 1.49. The number of benzene rings is 1. The van der Waals surface area contributed by atoms with Gasteiger partial charge in [-0.2, -0.15) is 5.10 Å². The van der Waals surface area contributed by atoms with Crippen LogP contribution < -0.4 is 0 Å². The molecule has 1 aliphatic heterocycles. The Morgan fingerprint density at radius 2 is 2.16 bits per heavy atom. The lowest BCUT2D eigenvalue weighted by molar-refractivity contribution is -0.146. The van der Waals surface area contributed by atoms with Crippen molar-refractivity contribution < 1.29 is 14.6 Å². The summed E-state index contributed by atoms with van der Waals surface area (Å²) in [7, 11) is 3.23. The third-order valence-electron chi connectivity index (χ3n) is 4.60. The fourth-order valence-electron chi connectivity index (χ4n) is 3.23. The van der Waals surface area contributed by atoms with Crippen LogP contribution in [0.3, 0.4) is 0 Å². The van der Waals surface area contributed by atoms with Gasteiger partial charge in [-0.3, -0.25) is 9.69 Å². The molecule has 0 spiro atoms. The molecule has 1 aromatic heterocycles. The number of hydrogen-bond donors (Lipinski definition) is 1. The first kappa shape index (κ1) is 17.8. The Morgan fingerprint density at radius 1 is 1.44 bits per heavy atom. The number of aliphatic hydroxyl groups excluding tert-OH is 1. The van der Waals surface area contributed by atoms with E-state index in [0.717, 1.165) is 17.0 Å². The molecule has 134 valence electrons. The van der Waals surface area contributed by atoms with Crippen LogP contribution in [0, 0.1) is 11.7 Å². The van der Waals surface area contributed by atoms with Gasteiger partial charge < -0.3 is 14.4 Å². The molecule has 1 aliphatic rings. The molecule has 1 aromatic carbocycles. The smallest absolute Gasteiger partial charge is 0.323 e. The van der Waals surface area contributed by atoms with Crippen molar-refractivity contribution in [2.24, 2.45) is 7.05 Å². The Hall–Kier alpha value is -2.03. The molecule has 2 aromatic rings. The minimum absolute atomic E-state index is 0.329. The number of β-amino-alcohol motifs (C(OH)–C–C–N with tert-alkyl or cyclic N) is 1. The van der Waals surface area contributed by atoms with Crippen LogP contribution in [0.1, 0.15) is 12.0 Å². The van der Waals surface area contributed by atoms with E-state index in [1.807, 2.05) is 47.7 Å². The molecule has 0 bridgehead atoms. The average molecular weight is 362 g/mol. The van der Waals surface area contributed by atoms with Gasteiger partial charge in [0, 0.05) is 25.6 Å². The van der Waals surface area contributed by atoms with Gasteiger partial charge in [0.2, 0.25) is 0 Å². The van der Waals surface area contributed by atoms with Crippen molar-refractivity contribution in [3.05, 3.63) is 34.6 Å². The normalized spacial score (nSPS) is 20.8. The molecule has 0 amide bonds. The summed E-state index contributed by atoms with van der Waals surface area (Å²) in [6, 6.07) is 7.51. The Labute approximate surface area is 151 Å². The summed E-state index contributed by atoms with van der Waals surface area (Å²) in [4.78, 5) is 13.8. The van der Waals surface area contributed by atoms with Crippen molar-refractivity contribution in [2.45, 2.75) is 32.2 Å². The SMILES string of the molecule is COC(=O)[C@@H]1C[C@@H](O)CN1Cn1nc(-c2ccccc2C)n(C)c1=S. The molecule has 0 saturated carbocycles. The first-order chi connectivity index (χ1) is 11.9. The van der Waals surface area contributed by atoms with Crippen molar-refractivity contribution >= 4 is 18.2 Å². The lowest BCUT2D eigenvalue weighted by atomic mass is 10.1. The van der Waals surface area contributed by atoms with Gasteiger partial charge in [-0.1, -0.05) is 24.3 Å². The van der Waals surface area contributed by atoms with Gasteiger partial charge in [0.1, 0.15) is 6.04 Å². The van der Waals surface area contributed by atoms with E-state index in [1.54, 1.807) is 4.68 Å². The number of carbonyl (C=O) groups excluding carboxylic acids is 1. The Kier molecular flexibility index (Phi) is 5.03. The van der Waals surface area contributed by atoms with E-state index < -0.39 is 12.1 Å². The van der Waals surface area contributed by atoms with Crippen LogP contribution in [0.25, 0.3) is 11.4 Å². The standard InChI is InChI=1S/C17H22N4O3S/c1-11-6-4-5-7-13(11)15-18-21(17(25)19(15)2)10-20-9-12(22)8-14(20)16(23)24-3/h4-7,12,14,22H,8-10H2,1-3H3/t12-,14+/m1/s1. The van der Waals surface area contributed by atoms with E-state index in [-0.39, 0.29) is 5.97 Å². The van der Waals surface area contributed by atoms with E-state index in [1.165, 1.54) is 7.11 Å². The summed E-state index contributed by atoms with van der Waals surface area (Å²) in [6.45, 7) is 2.74. The zero-order chi connectivity index (χ0) is 18.1. The van der Waals surface area contributed by atoms with E-state index in [2.05, 4.69) is 5.10 Å². The number of esters is 1.